The Morgan fingerprint density at radius 1 is 1.17 bits per heavy atom. The number of rotatable bonds is 6. The number of carbonyl (C=O) groups excluding carboxylic acids is 1. The van der Waals surface area contributed by atoms with Gasteiger partial charge in [-0.05, 0) is 80.0 Å². The van der Waals surface area contributed by atoms with Crippen LogP contribution >= 0.6 is 22.9 Å². The van der Waals surface area contributed by atoms with E-state index in [1.165, 1.54) is 0 Å². The number of nitrogens with one attached hydrogen (secondary N) is 1. The summed E-state index contributed by atoms with van der Waals surface area (Å²) in [5.41, 5.74) is 2.06. The van der Waals surface area contributed by atoms with Gasteiger partial charge in [0, 0.05) is 24.7 Å². The molecule has 5 nitrogen and oxygen atoms in total. The number of pyridine rings is 2. The molecule has 1 N–H and O–H groups in total. The molecular weight excluding hydrogens is 404 g/mol. The van der Waals surface area contributed by atoms with Crippen LogP contribution < -0.4 is 5.32 Å². The first-order chi connectivity index (χ1) is 14.1. The van der Waals surface area contributed by atoms with Crippen molar-refractivity contribution < 1.29 is 4.79 Å². The predicted octanol–water partition coefficient (Wildman–Crippen LogP) is 6.08. The van der Waals surface area contributed by atoms with Gasteiger partial charge in [0.2, 0.25) is 5.24 Å². The van der Waals surface area contributed by atoms with E-state index in [4.69, 9.17) is 16.6 Å². The molecule has 3 aromatic heterocycles. The summed E-state index contributed by atoms with van der Waals surface area (Å²) in [5.74, 6) is 2.44. The Kier molecular flexibility index (Phi) is 6.21. The molecule has 0 radical (unpaired) electrons. The topological polar surface area (TPSA) is 67.8 Å². The highest BCUT2D eigenvalue weighted by Gasteiger charge is 2.25. The first-order valence-electron chi connectivity index (χ1n) is 9.88. The highest BCUT2D eigenvalue weighted by Crippen LogP contribution is 2.40. The molecule has 0 aliphatic heterocycles. The molecule has 0 aromatic carbocycles. The lowest BCUT2D eigenvalue weighted by molar-refractivity contribution is -0.112. The number of aromatic nitrogens is 3. The summed E-state index contributed by atoms with van der Waals surface area (Å²) in [7, 11) is 0. The third-order valence-electron chi connectivity index (χ3n) is 5.34. The van der Waals surface area contributed by atoms with Crippen LogP contribution in [-0.4, -0.2) is 20.2 Å². The lowest BCUT2D eigenvalue weighted by Crippen LogP contribution is -2.14. The Morgan fingerprint density at radius 3 is 2.76 bits per heavy atom. The maximum absolute atomic E-state index is 11.1. The van der Waals surface area contributed by atoms with Gasteiger partial charge >= 0.3 is 0 Å². The maximum atomic E-state index is 11.1. The van der Waals surface area contributed by atoms with E-state index in [-0.39, 0.29) is 5.24 Å². The summed E-state index contributed by atoms with van der Waals surface area (Å²) in [5, 5.41) is 4.22. The number of aryl methyl sites for hydroxylation is 1. The summed E-state index contributed by atoms with van der Waals surface area (Å²) in [6.45, 7) is 2.04. The summed E-state index contributed by atoms with van der Waals surface area (Å²) in [4.78, 5) is 25.9. The molecule has 7 heteroatoms. The highest BCUT2D eigenvalue weighted by molar-refractivity contribution is 7.15. The van der Waals surface area contributed by atoms with Gasteiger partial charge in [-0.3, -0.25) is 4.79 Å². The van der Waals surface area contributed by atoms with Crippen LogP contribution in [0.25, 0.3) is 10.6 Å². The molecule has 1 aliphatic rings. The van der Waals surface area contributed by atoms with Gasteiger partial charge in [-0.1, -0.05) is 6.07 Å². The molecule has 1 fully saturated rings. The molecule has 0 saturated heterocycles. The van der Waals surface area contributed by atoms with Gasteiger partial charge in [-0.25, -0.2) is 15.0 Å². The predicted molar refractivity (Wildman–Crippen MR) is 118 cm³/mol. The van der Waals surface area contributed by atoms with Crippen LogP contribution in [0, 0.1) is 12.8 Å². The normalized spacial score (nSPS) is 19.1. The molecule has 29 heavy (non-hydrogen) atoms. The van der Waals surface area contributed by atoms with Crippen LogP contribution in [0.3, 0.4) is 0 Å². The molecule has 0 unspecified atom stereocenters. The molecule has 1 saturated carbocycles. The van der Waals surface area contributed by atoms with E-state index in [9.17, 15) is 4.79 Å². The average molecular weight is 427 g/mol. The van der Waals surface area contributed by atoms with Crippen molar-refractivity contribution >= 4 is 39.8 Å². The monoisotopic (exact) mass is 426 g/mol. The Bertz CT molecular complexity index is 998. The van der Waals surface area contributed by atoms with Crippen LogP contribution in [-0.2, 0) is 4.79 Å². The molecule has 150 valence electrons. The highest BCUT2D eigenvalue weighted by atomic mass is 35.5. The fraction of sp³-hybridized carbons (Fsp3) is 0.364. The van der Waals surface area contributed by atoms with E-state index < -0.39 is 0 Å². The quantitative estimate of drug-likeness (QED) is 0.483. The maximum Gasteiger partial charge on any atom is 0.221 e. The van der Waals surface area contributed by atoms with E-state index in [1.807, 2.05) is 43.5 Å². The smallest absolute Gasteiger partial charge is 0.221 e. The van der Waals surface area contributed by atoms with Crippen molar-refractivity contribution in [1.29, 1.82) is 0 Å². The zero-order valence-electron chi connectivity index (χ0n) is 16.3. The molecule has 0 spiro atoms. The van der Waals surface area contributed by atoms with Crippen LogP contribution in [0.2, 0.25) is 0 Å². The minimum absolute atomic E-state index is 0.217. The number of hydrogen-bond donors (Lipinski definition) is 1. The molecule has 0 bridgehead atoms. The minimum Gasteiger partial charge on any atom is -0.325 e. The summed E-state index contributed by atoms with van der Waals surface area (Å²) >= 11 is 7.26. The number of nitrogens with zero attached hydrogens (tertiary/aromatic N) is 3. The average Bonchev–Trinajstić information content (AvgIpc) is 3.19. The zero-order valence-corrected chi connectivity index (χ0v) is 17.8. The molecule has 3 aromatic rings. The first-order valence-corrected chi connectivity index (χ1v) is 11.1. The van der Waals surface area contributed by atoms with E-state index >= 15 is 0 Å². The van der Waals surface area contributed by atoms with Crippen LogP contribution in [0.1, 0.15) is 48.6 Å². The molecule has 3 heterocycles. The second kappa shape index (κ2) is 9.01. The number of carbonyl (C=O) groups is 1. The minimum atomic E-state index is -0.217. The van der Waals surface area contributed by atoms with Crippen LogP contribution in [0.4, 0.5) is 11.6 Å². The van der Waals surface area contributed by atoms with Crippen molar-refractivity contribution in [3.8, 4) is 10.6 Å². The Balaban J connectivity index is 1.44. The SMILES string of the molecule is Cc1ccnc(Nc2cccc(-c3cnc(C4CCC(CC(=O)Cl)CC4)s3)n2)c1. The van der Waals surface area contributed by atoms with Gasteiger partial charge in [-0.15, -0.1) is 11.3 Å². The zero-order chi connectivity index (χ0) is 20.2. The van der Waals surface area contributed by atoms with E-state index in [1.54, 1.807) is 17.5 Å². The summed E-state index contributed by atoms with van der Waals surface area (Å²) < 4.78 is 0. The first kappa shape index (κ1) is 20.0. The second-order valence-electron chi connectivity index (χ2n) is 7.59. The third kappa shape index (κ3) is 5.19. The number of hydrogen-bond acceptors (Lipinski definition) is 6. The van der Waals surface area contributed by atoms with Gasteiger partial charge in [0.15, 0.2) is 0 Å². The Labute approximate surface area is 179 Å². The third-order valence-corrected chi connectivity index (χ3v) is 6.68. The molecular formula is C22H23ClN4OS. The lowest BCUT2D eigenvalue weighted by atomic mass is 9.81. The fourth-order valence-corrected chi connectivity index (χ4v) is 5.09. The molecule has 0 atom stereocenters. The van der Waals surface area contributed by atoms with Crippen molar-refractivity contribution in [3.05, 3.63) is 53.3 Å². The molecule has 4 rings (SSSR count). The molecule has 0 amide bonds. The number of halogens is 1. The summed E-state index contributed by atoms with van der Waals surface area (Å²) in [6.07, 6.45) is 8.42. The Hall–Kier alpha value is -2.31. The largest absolute Gasteiger partial charge is 0.325 e. The van der Waals surface area contributed by atoms with Crippen LogP contribution in [0.5, 0.6) is 0 Å². The second-order valence-corrected chi connectivity index (χ2v) is 9.07. The molecule has 1 aliphatic carbocycles. The van der Waals surface area contributed by atoms with Crippen molar-refractivity contribution in [2.75, 3.05) is 5.32 Å². The van der Waals surface area contributed by atoms with E-state index in [2.05, 4.69) is 15.3 Å². The number of anilines is 2. The van der Waals surface area contributed by atoms with Crippen LogP contribution in [0.15, 0.2) is 42.7 Å². The fourth-order valence-electron chi connectivity index (χ4n) is 3.81. The van der Waals surface area contributed by atoms with Crippen molar-refractivity contribution in [3.63, 3.8) is 0 Å². The van der Waals surface area contributed by atoms with Gasteiger partial charge in [0.25, 0.3) is 0 Å². The summed E-state index contributed by atoms with van der Waals surface area (Å²) in [6, 6.07) is 9.90. The van der Waals surface area contributed by atoms with E-state index in [0.717, 1.165) is 58.5 Å². The van der Waals surface area contributed by atoms with Gasteiger partial charge in [0.05, 0.1) is 15.6 Å². The standard InChI is InChI=1S/C22H23ClN4OS/c1-14-9-10-24-21(11-14)27-20-4-2-3-17(26-20)18-13-25-22(29-18)16-7-5-15(6-8-16)12-19(23)28/h2-4,9-11,13,15-16H,5-8,12H2,1H3,(H,24,26,27). The lowest BCUT2D eigenvalue weighted by Gasteiger charge is -2.26. The van der Waals surface area contributed by atoms with Gasteiger partial charge in [-0.2, -0.15) is 0 Å². The van der Waals surface area contributed by atoms with Gasteiger partial charge in [0.1, 0.15) is 11.6 Å². The van der Waals surface area contributed by atoms with E-state index in [0.29, 0.717) is 18.3 Å². The Morgan fingerprint density at radius 2 is 2.00 bits per heavy atom. The van der Waals surface area contributed by atoms with Crippen molar-refractivity contribution in [2.24, 2.45) is 5.92 Å². The van der Waals surface area contributed by atoms with Crippen molar-refractivity contribution in [1.82, 2.24) is 15.0 Å². The van der Waals surface area contributed by atoms with Crippen molar-refractivity contribution in [2.45, 2.75) is 44.9 Å². The van der Waals surface area contributed by atoms with Gasteiger partial charge < -0.3 is 5.32 Å². The number of thiazole rings is 1.